The summed E-state index contributed by atoms with van der Waals surface area (Å²) in [5.74, 6) is 0.0787. The molecule has 1 aliphatic rings. The summed E-state index contributed by atoms with van der Waals surface area (Å²) in [6.07, 6.45) is 11.8. The second-order valence-corrected chi connectivity index (χ2v) is 2.28. The zero-order chi connectivity index (χ0) is 13.8. The smallest absolute Gasteiger partial charge is 0.542 e. The Morgan fingerprint density at radius 3 is 1.53 bits per heavy atom. The van der Waals surface area contributed by atoms with E-state index in [4.69, 9.17) is 14.4 Å². The number of hydrogen-bond donors (Lipinski definition) is 0. The largest absolute Gasteiger partial charge is 2.00 e. The van der Waals surface area contributed by atoms with E-state index in [1.807, 2.05) is 32.5 Å². The van der Waals surface area contributed by atoms with Gasteiger partial charge in [-0.25, -0.2) is 12.2 Å². The Balaban J connectivity index is -0.0000000380. The molecule has 0 aromatic carbocycles. The Hall–Kier alpha value is -1.32. The molecule has 17 heavy (non-hydrogen) atoms. The molecule has 1 aliphatic carbocycles. The van der Waals surface area contributed by atoms with Gasteiger partial charge in [-0.2, -0.15) is 6.08 Å². The number of rotatable bonds is 1. The Bertz CT molecular complexity index is 165. The second kappa shape index (κ2) is 46.6. The van der Waals surface area contributed by atoms with Crippen molar-refractivity contribution in [2.45, 2.75) is 20.3 Å². The maximum atomic E-state index is 9.38. The van der Waals surface area contributed by atoms with Gasteiger partial charge in [-0.1, -0.05) is 13.8 Å². The molecule has 0 aromatic heterocycles. The minimum atomic E-state index is 0. The quantitative estimate of drug-likeness (QED) is 0.540. The molecule has 0 heterocycles. The van der Waals surface area contributed by atoms with Crippen LogP contribution in [0.2, 0.25) is 0 Å². The van der Waals surface area contributed by atoms with Crippen molar-refractivity contribution in [3.63, 3.8) is 0 Å². The van der Waals surface area contributed by atoms with Crippen molar-refractivity contribution in [3.8, 4) is 0 Å². The van der Waals surface area contributed by atoms with Crippen molar-refractivity contribution in [2.75, 3.05) is 0 Å². The van der Waals surface area contributed by atoms with Gasteiger partial charge in [-0.3, -0.25) is 12.4 Å². The van der Waals surface area contributed by atoms with Crippen LogP contribution in [0.4, 0.5) is 0 Å². The average Bonchev–Trinajstić information content (AvgIpc) is 2.95. The molecule has 0 amide bonds. The van der Waals surface area contributed by atoms with Crippen LogP contribution in [0.3, 0.4) is 0 Å². The van der Waals surface area contributed by atoms with E-state index in [1.54, 1.807) is 20.1 Å². The molecular formula is C12H18FeO4. The normalized spacial score (nSPS) is 8.41. The first-order chi connectivity index (χ1) is 7.77. The SMILES string of the molecule is C=O.C=O.C=O.CC(C)[C-]=O.[C-]1=CC=CC1.[Fe+2]. The van der Waals surface area contributed by atoms with Crippen molar-refractivity contribution in [1.82, 2.24) is 0 Å². The molecule has 0 N–H and O–H groups in total. The Kier molecular flexibility index (Phi) is 81.2. The molecule has 0 bridgehead atoms. The van der Waals surface area contributed by atoms with Crippen molar-refractivity contribution >= 4 is 26.7 Å². The van der Waals surface area contributed by atoms with Gasteiger partial charge < -0.3 is 19.2 Å². The maximum Gasteiger partial charge on any atom is 2.00 e. The monoisotopic (exact) mass is 282 g/mol. The van der Waals surface area contributed by atoms with Crippen LogP contribution in [0, 0.1) is 12.0 Å². The van der Waals surface area contributed by atoms with Crippen molar-refractivity contribution in [3.05, 3.63) is 24.3 Å². The standard InChI is InChI=1S/C5H5.C4H7O.3CH2O.Fe/c1-2-4-5-3-1;1-4(2)3-5;3*1-2;/h1-3H,4H2;4H,1-2H3;3*1H2;/q2*-1;;;;+2. The topological polar surface area (TPSA) is 68.3 Å². The Morgan fingerprint density at radius 1 is 1.12 bits per heavy atom. The first kappa shape index (κ1) is 29.6. The number of allylic oxidation sites excluding steroid dienone is 4. The molecule has 0 fully saturated rings. The van der Waals surface area contributed by atoms with Gasteiger partial charge in [-0.05, 0) is 0 Å². The Morgan fingerprint density at radius 2 is 1.47 bits per heavy atom. The fourth-order valence-electron chi connectivity index (χ4n) is 0.340. The van der Waals surface area contributed by atoms with Crippen LogP contribution >= 0.6 is 0 Å². The third-order valence-electron chi connectivity index (χ3n) is 0.822. The van der Waals surface area contributed by atoms with E-state index in [9.17, 15) is 4.79 Å². The van der Waals surface area contributed by atoms with Crippen LogP contribution in [-0.2, 0) is 36.2 Å². The molecule has 1 rings (SSSR count). The Labute approximate surface area is 114 Å². The van der Waals surface area contributed by atoms with Crippen LogP contribution in [0.1, 0.15) is 20.3 Å². The van der Waals surface area contributed by atoms with E-state index < -0.39 is 0 Å². The molecule has 0 saturated carbocycles. The second-order valence-electron chi connectivity index (χ2n) is 2.28. The first-order valence-corrected chi connectivity index (χ1v) is 4.23. The van der Waals surface area contributed by atoms with Crippen molar-refractivity contribution in [1.29, 1.82) is 0 Å². The molecule has 98 valence electrons. The zero-order valence-corrected chi connectivity index (χ0v) is 11.2. The average molecular weight is 282 g/mol. The van der Waals surface area contributed by atoms with Gasteiger partial charge in [0.05, 0.1) is 0 Å². The van der Waals surface area contributed by atoms with E-state index >= 15 is 0 Å². The van der Waals surface area contributed by atoms with E-state index in [2.05, 4.69) is 12.2 Å². The van der Waals surface area contributed by atoms with Gasteiger partial charge in [0.15, 0.2) is 0 Å². The summed E-state index contributed by atoms with van der Waals surface area (Å²) in [5.41, 5.74) is 0. The van der Waals surface area contributed by atoms with Crippen LogP contribution in [0.25, 0.3) is 0 Å². The van der Waals surface area contributed by atoms with Crippen molar-refractivity contribution < 1.29 is 36.2 Å². The van der Waals surface area contributed by atoms with E-state index in [1.165, 1.54) is 0 Å². The third-order valence-corrected chi connectivity index (χ3v) is 0.822. The van der Waals surface area contributed by atoms with Gasteiger partial charge >= 0.3 is 17.1 Å². The third kappa shape index (κ3) is 73.2. The number of carbonyl (C=O) groups excluding carboxylic acids is 4. The summed E-state index contributed by atoms with van der Waals surface area (Å²) in [7, 11) is 0. The summed E-state index contributed by atoms with van der Waals surface area (Å²) >= 11 is 0. The van der Waals surface area contributed by atoms with Gasteiger partial charge in [0.1, 0.15) is 20.4 Å². The minimum absolute atomic E-state index is 0. The van der Waals surface area contributed by atoms with E-state index in [0.717, 1.165) is 6.42 Å². The van der Waals surface area contributed by atoms with Crippen LogP contribution < -0.4 is 0 Å². The summed E-state index contributed by atoms with van der Waals surface area (Å²) in [6.45, 7) is 9.60. The minimum Gasteiger partial charge on any atom is -0.542 e. The van der Waals surface area contributed by atoms with Gasteiger partial charge in [0, 0.05) is 0 Å². The molecule has 0 saturated heterocycles. The molecule has 0 unspecified atom stereocenters. The molecule has 4 nitrogen and oxygen atoms in total. The summed E-state index contributed by atoms with van der Waals surface area (Å²) in [6, 6.07) is 0. The van der Waals surface area contributed by atoms with Crippen LogP contribution in [0.5, 0.6) is 0 Å². The first-order valence-electron chi connectivity index (χ1n) is 4.23. The zero-order valence-electron chi connectivity index (χ0n) is 10.1. The molecule has 0 aromatic rings. The van der Waals surface area contributed by atoms with Gasteiger partial charge in [0.2, 0.25) is 0 Å². The van der Waals surface area contributed by atoms with E-state index in [0.29, 0.717) is 0 Å². The number of carbonyl (C=O) groups is 3. The molecule has 0 aliphatic heterocycles. The van der Waals surface area contributed by atoms with Gasteiger partial charge in [0.25, 0.3) is 0 Å². The number of hydrogen-bond acceptors (Lipinski definition) is 4. The van der Waals surface area contributed by atoms with Crippen LogP contribution in [-0.4, -0.2) is 26.7 Å². The molecular weight excluding hydrogens is 264 g/mol. The molecule has 0 atom stereocenters. The van der Waals surface area contributed by atoms with E-state index in [-0.39, 0.29) is 23.0 Å². The predicted molar refractivity (Wildman–Crippen MR) is 63.5 cm³/mol. The molecule has 0 spiro atoms. The summed E-state index contributed by atoms with van der Waals surface area (Å²) < 4.78 is 0. The fourth-order valence-corrected chi connectivity index (χ4v) is 0.340. The molecule has 5 heteroatoms. The fraction of sp³-hybridized carbons (Fsp3) is 0.333. The summed E-state index contributed by atoms with van der Waals surface area (Å²) in [5, 5.41) is 0. The maximum absolute atomic E-state index is 9.38. The molecule has 0 radical (unpaired) electrons. The summed E-state index contributed by atoms with van der Waals surface area (Å²) in [4.78, 5) is 33.4. The van der Waals surface area contributed by atoms with Gasteiger partial charge in [-0.15, -0.1) is 12.3 Å². The van der Waals surface area contributed by atoms with Crippen LogP contribution in [0.15, 0.2) is 18.2 Å². The predicted octanol–water partition coefficient (Wildman–Crippen LogP) is 1.50. The van der Waals surface area contributed by atoms with Crippen molar-refractivity contribution in [2.24, 2.45) is 5.92 Å².